The van der Waals surface area contributed by atoms with E-state index in [0.29, 0.717) is 0 Å². The van der Waals surface area contributed by atoms with Gasteiger partial charge in [-0.25, -0.2) is 19.2 Å². The topological polar surface area (TPSA) is 124 Å². The van der Waals surface area contributed by atoms with Gasteiger partial charge < -0.3 is 28.4 Å². The van der Waals surface area contributed by atoms with Gasteiger partial charge in [-0.3, -0.25) is 0 Å². The van der Waals surface area contributed by atoms with Gasteiger partial charge in [-0.2, -0.15) is 0 Å². The molecule has 2 heterocycles. The Labute approximate surface area is 174 Å². The van der Waals surface area contributed by atoms with Gasteiger partial charge in [0.25, 0.3) is 0 Å². The van der Waals surface area contributed by atoms with Gasteiger partial charge in [-0.1, -0.05) is 25.0 Å². The summed E-state index contributed by atoms with van der Waals surface area (Å²) in [5, 5.41) is 0. The molecule has 2 unspecified atom stereocenters. The number of cyclic esters (lactones) is 4. The fraction of sp³-hybridized carbons (Fsp3) is 0.600. The largest absolute Gasteiger partial charge is 0.508 e. The van der Waals surface area contributed by atoms with Crippen LogP contribution in [0.25, 0.3) is 0 Å². The maximum atomic E-state index is 11.5. The zero-order chi connectivity index (χ0) is 21.6. The van der Waals surface area contributed by atoms with E-state index in [1.165, 1.54) is 12.2 Å². The van der Waals surface area contributed by atoms with Crippen molar-refractivity contribution >= 4 is 24.2 Å². The molecule has 0 aliphatic carbocycles. The summed E-state index contributed by atoms with van der Waals surface area (Å²) in [4.78, 5) is 44.5. The smallest absolute Gasteiger partial charge is 0.458 e. The van der Waals surface area contributed by atoms with Crippen molar-refractivity contribution in [3.63, 3.8) is 0 Å². The first-order chi connectivity index (χ1) is 14.5. The average molecular weight is 426 g/mol. The molecule has 2 saturated heterocycles. The van der Waals surface area contributed by atoms with Gasteiger partial charge in [0.15, 0.2) is 12.2 Å². The van der Waals surface area contributed by atoms with Crippen LogP contribution >= 0.6 is 0 Å². The third-order valence-corrected chi connectivity index (χ3v) is 4.12. The molecular formula is C20H26O10. The molecule has 0 aromatic heterocycles. The van der Waals surface area contributed by atoms with E-state index in [1.54, 1.807) is 12.2 Å². The summed E-state index contributed by atoms with van der Waals surface area (Å²) in [6.45, 7) is 0.162. The first-order valence-corrected chi connectivity index (χ1v) is 9.86. The molecule has 0 saturated carbocycles. The van der Waals surface area contributed by atoms with E-state index in [1.807, 2.05) is 0 Å². The Bertz CT molecular complexity index is 598. The van der Waals surface area contributed by atoms with Crippen LogP contribution in [0.4, 0.5) is 9.59 Å². The minimum atomic E-state index is -0.745. The molecule has 0 bridgehead atoms. The van der Waals surface area contributed by atoms with Gasteiger partial charge >= 0.3 is 24.2 Å². The standard InChI is InChI=1S/C20H26O10/c21-17(25-11-15-13-27-19(23)29-15)9-7-5-3-1-2-4-6-8-10-18(22)26-12-16-14-28-20(24)30-16/h7-10,15-16H,1-6,11-14H2/b9-7+,10-8?. The van der Waals surface area contributed by atoms with Crippen molar-refractivity contribution in [3.8, 4) is 0 Å². The number of rotatable bonds is 13. The summed E-state index contributed by atoms with van der Waals surface area (Å²) in [7, 11) is 0. The Balaban J connectivity index is 1.38. The summed E-state index contributed by atoms with van der Waals surface area (Å²) in [6, 6.07) is 0. The first kappa shape index (κ1) is 23.2. The van der Waals surface area contributed by atoms with Gasteiger partial charge in [0.1, 0.15) is 26.4 Å². The van der Waals surface area contributed by atoms with Crippen LogP contribution in [0.5, 0.6) is 0 Å². The van der Waals surface area contributed by atoms with Gasteiger partial charge in [-0.05, 0) is 25.7 Å². The van der Waals surface area contributed by atoms with Crippen LogP contribution < -0.4 is 0 Å². The van der Waals surface area contributed by atoms with E-state index in [4.69, 9.17) is 18.9 Å². The molecule has 30 heavy (non-hydrogen) atoms. The molecule has 0 amide bonds. The van der Waals surface area contributed by atoms with Crippen LogP contribution in [-0.4, -0.2) is 62.9 Å². The summed E-state index contributed by atoms with van der Waals surface area (Å²) in [6.07, 6.45) is 9.07. The number of esters is 2. The number of hydrogen-bond acceptors (Lipinski definition) is 10. The van der Waals surface area contributed by atoms with Crippen LogP contribution in [0, 0.1) is 0 Å². The zero-order valence-electron chi connectivity index (χ0n) is 16.6. The van der Waals surface area contributed by atoms with Gasteiger partial charge in [-0.15, -0.1) is 0 Å². The molecule has 0 spiro atoms. The van der Waals surface area contributed by atoms with Crippen molar-refractivity contribution in [3.05, 3.63) is 24.3 Å². The minimum Gasteiger partial charge on any atom is -0.458 e. The molecule has 0 radical (unpaired) electrons. The highest BCUT2D eigenvalue weighted by molar-refractivity contribution is 5.82. The number of allylic oxidation sites excluding steroid dienone is 2. The van der Waals surface area contributed by atoms with Crippen LogP contribution in [-0.2, 0) is 38.0 Å². The Morgan fingerprint density at radius 1 is 0.767 bits per heavy atom. The molecular weight excluding hydrogens is 400 g/mol. The second-order valence-electron chi connectivity index (χ2n) is 6.66. The molecule has 2 fully saturated rings. The number of carbonyl (C=O) groups is 4. The predicted octanol–water partition coefficient (Wildman–Crippen LogP) is 2.60. The Morgan fingerprint density at radius 2 is 1.20 bits per heavy atom. The summed E-state index contributed by atoms with van der Waals surface area (Å²) in [5.41, 5.74) is 0. The minimum absolute atomic E-state index is 0.0155. The second kappa shape index (κ2) is 13.2. The van der Waals surface area contributed by atoms with Crippen molar-refractivity contribution in [1.29, 1.82) is 0 Å². The number of ether oxygens (including phenoxy) is 6. The fourth-order valence-corrected chi connectivity index (χ4v) is 2.58. The van der Waals surface area contributed by atoms with E-state index in [0.717, 1.165) is 38.5 Å². The molecule has 2 atom stereocenters. The molecule has 166 valence electrons. The third-order valence-electron chi connectivity index (χ3n) is 4.12. The lowest BCUT2D eigenvalue weighted by atomic mass is 10.1. The van der Waals surface area contributed by atoms with E-state index in [2.05, 4.69) is 9.47 Å². The quantitative estimate of drug-likeness (QED) is 0.188. The van der Waals surface area contributed by atoms with Crippen LogP contribution in [0.1, 0.15) is 38.5 Å². The van der Waals surface area contributed by atoms with E-state index < -0.39 is 36.5 Å². The summed E-state index contributed by atoms with van der Waals surface area (Å²) >= 11 is 0. The zero-order valence-corrected chi connectivity index (χ0v) is 16.6. The van der Waals surface area contributed by atoms with Crippen LogP contribution in [0.15, 0.2) is 24.3 Å². The highest BCUT2D eigenvalue weighted by Gasteiger charge is 2.26. The number of unbranched alkanes of at least 4 members (excludes halogenated alkanes) is 5. The van der Waals surface area contributed by atoms with E-state index in [-0.39, 0.29) is 26.4 Å². The SMILES string of the molecule is O=C(C=CCCCCCC/C=C/C(=O)OCC1COC(=O)O1)OCC1COC(=O)O1. The highest BCUT2D eigenvalue weighted by Crippen LogP contribution is 2.09. The Morgan fingerprint density at radius 3 is 1.57 bits per heavy atom. The summed E-state index contributed by atoms with van der Waals surface area (Å²) < 4.78 is 28.6. The lowest BCUT2D eigenvalue weighted by Crippen LogP contribution is -2.19. The van der Waals surface area contributed by atoms with Crippen molar-refractivity contribution < 1.29 is 47.6 Å². The van der Waals surface area contributed by atoms with Crippen molar-refractivity contribution in [2.45, 2.75) is 50.7 Å². The molecule has 0 aromatic rings. The van der Waals surface area contributed by atoms with Gasteiger partial charge in [0.2, 0.25) is 0 Å². The van der Waals surface area contributed by atoms with Crippen molar-refractivity contribution in [2.24, 2.45) is 0 Å². The average Bonchev–Trinajstić information content (AvgIpc) is 3.33. The maximum absolute atomic E-state index is 11.5. The third kappa shape index (κ3) is 9.94. The molecule has 10 heteroatoms. The first-order valence-electron chi connectivity index (χ1n) is 9.86. The van der Waals surface area contributed by atoms with Gasteiger partial charge in [0, 0.05) is 12.2 Å². The maximum Gasteiger partial charge on any atom is 0.508 e. The monoisotopic (exact) mass is 426 g/mol. The second-order valence-corrected chi connectivity index (χ2v) is 6.66. The summed E-state index contributed by atoms with van der Waals surface area (Å²) in [5.74, 6) is -0.956. The molecule has 2 rings (SSSR count). The lowest BCUT2D eigenvalue weighted by molar-refractivity contribution is -0.140. The van der Waals surface area contributed by atoms with Crippen LogP contribution in [0.2, 0.25) is 0 Å². The van der Waals surface area contributed by atoms with Gasteiger partial charge in [0.05, 0.1) is 0 Å². The van der Waals surface area contributed by atoms with E-state index >= 15 is 0 Å². The lowest BCUT2D eigenvalue weighted by Gasteiger charge is -2.05. The molecule has 2 aliphatic heterocycles. The van der Waals surface area contributed by atoms with Crippen molar-refractivity contribution in [1.82, 2.24) is 0 Å². The van der Waals surface area contributed by atoms with Crippen LogP contribution in [0.3, 0.4) is 0 Å². The normalized spacial score (nSPS) is 20.7. The van der Waals surface area contributed by atoms with E-state index in [9.17, 15) is 19.2 Å². The number of hydrogen-bond donors (Lipinski definition) is 0. The highest BCUT2D eigenvalue weighted by atomic mass is 16.8. The Kier molecular flexibility index (Phi) is 10.3. The molecule has 0 aromatic carbocycles. The molecule has 0 N–H and O–H groups in total. The number of carbonyl (C=O) groups excluding carboxylic acids is 4. The fourth-order valence-electron chi connectivity index (χ4n) is 2.58. The molecule has 10 nitrogen and oxygen atoms in total. The predicted molar refractivity (Wildman–Crippen MR) is 100 cm³/mol. The molecule has 2 aliphatic rings. The van der Waals surface area contributed by atoms with Crippen molar-refractivity contribution in [2.75, 3.05) is 26.4 Å². The Hall–Kier alpha value is -3.04.